The van der Waals surface area contributed by atoms with Crippen molar-refractivity contribution in [1.29, 1.82) is 0 Å². The molecule has 0 aromatic heterocycles. The molecule has 2 rings (SSSR count). The molecule has 0 aromatic rings. The fourth-order valence-electron chi connectivity index (χ4n) is 3.34. The normalized spacial score (nSPS) is 38.8. The van der Waals surface area contributed by atoms with Crippen LogP contribution in [0.15, 0.2) is 0 Å². The third-order valence-electron chi connectivity index (χ3n) is 4.63. The topological polar surface area (TPSA) is 47.7 Å². The first-order valence-electron chi connectivity index (χ1n) is 7.17. The molecule has 4 heteroatoms. The molecule has 0 radical (unpaired) electrons. The van der Waals surface area contributed by atoms with Gasteiger partial charge in [-0.05, 0) is 39.2 Å². The van der Waals surface area contributed by atoms with Gasteiger partial charge >= 0.3 is 0 Å². The van der Waals surface area contributed by atoms with Crippen LogP contribution < -0.4 is 5.73 Å². The average molecular weight is 256 g/mol. The Hall–Kier alpha value is -0.160. The van der Waals surface area contributed by atoms with Crippen LogP contribution in [0.1, 0.15) is 32.6 Å². The minimum atomic E-state index is 0.0174. The highest BCUT2D eigenvalue weighted by molar-refractivity contribution is 4.91. The van der Waals surface area contributed by atoms with Crippen molar-refractivity contribution in [2.24, 2.45) is 11.1 Å². The molecular formula is C14H28N2O2. The highest BCUT2D eigenvalue weighted by Crippen LogP contribution is 2.31. The summed E-state index contributed by atoms with van der Waals surface area (Å²) in [6.07, 6.45) is 4.72. The van der Waals surface area contributed by atoms with Gasteiger partial charge in [0.2, 0.25) is 0 Å². The molecule has 2 heterocycles. The molecule has 18 heavy (non-hydrogen) atoms. The molecule has 2 N–H and O–H groups in total. The molecule has 2 unspecified atom stereocenters. The van der Waals surface area contributed by atoms with Crippen LogP contribution in [-0.4, -0.2) is 57.0 Å². The lowest BCUT2D eigenvalue weighted by molar-refractivity contribution is -0.0757. The van der Waals surface area contributed by atoms with Crippen molar-refractivity contribution in [3.8, 4) is 0 Å². The summed E-state index contributed by atoms with van der Waals surface area (Å²) >= 11 is 0. The number of rotatable bonds is 4. The fourth-order valence-corrected chi connectivity index (χ4v) is 3.34. The maximum Gasteiger partial charge on any atom is 0.0777 e. The van der Waals surface area contributed by atoms with Crippen LogP contribution in [0, 0.1) is 5.41 Å². The molecule has 0 aromatic carbocycles. The van der Waals surface area contributed by atoms with Crippen molar-refractivity contribution in [2.75, 3.05) is 46.5 Å². The third-order valence-corrected chi connectivity index (χ3v) is 4.63. The van der Waals surface area contributed by atoms with Crippen molar-refractivity contribution >= 4 is 0 Å². The Balaban J connectivity index is 1.94. The Labute approximate surface area is 111 Å². The second-order valence-electron chi connectivity index (χ2n) is 6.33. The first kappa shape index (κ1) is 14.3. The zero-order valence-corrected chi connectivity index (χ0v) is 11.9. The van der Waals surface area contributed by atoms with Crippen molar-refractivity contribution in [1.82, 2.24) is 4.90 Å². The van der Waals surface area contributed by atoms with Crippen LogP contribution in [0.2, 0.25) is 0 Å². The standard InChI is InChI=1S/C14H28N2O2/c1-13(17-2)5-3-7-16(10-13)11-14(9-15)6-4-8-18-12-14/h3-12,15H2,1-2H3. The van der Waals surface area contributed by atoms with Gasteiger partial charge in [-0.2, -0.15) is 0 Å². The summed E-state index contributed by atoms with van der Waals surface area (Å²) in [7, 11) is 1.83. The summed E-state index contributed by atoms with van der Waals surface area (Å²) in [5.74, 6) is 0. The molecule has 106 valence electrons. The number of nitrogens with zero attached hydrogens (tertiary/aromatic N) is 1. The van der Waals surface area contributed by atoms with Crippen molar-refractivity contribution in [3.63, 3.8) is 0 Å². The van der Waals surface area contributed by atoms with E-state index in [4.69, 9.17) is 15.2 Å². The van der Waals surface area contributed by atoms with E-state index in [1.807, 2.05) is 7.11 Å². The number of hydrogen-bond acceptors (Lipinski definition) is 4. The number of likely N-dealkylation sites (tertiary alicyclic amines) is 1. The number of methoxy groups -OCH3 is 1. The summed E-state index contributed by atoms with van der Waals surface area (Å²) in [5.41, 5.74) is 6.21. The zero-order valence-electron chi connectivity index (χ0n) is 11.9. The van der Waals surface area contributed by atoms with Gasteiger partial charge in [-0.25, -0.2) is 0 Å². The number of hydrogen-bond donors (Lipinski definition) is 1. The van der Waals surface area contributed by atoms with Gasteiger partial charge in [0.25, 0.3) is 0 Å². The lowest BCUT2D eigenvalue weighted by atomic mass is 9.81. The van der Waals surface area contributed by atoms with E-state index in [1.165, 1.54) is 19.4 Å². The minimum Gasteiger partial charge on any atom is -0.381 e. The van der Waals surface area contributed by atoms with E-state index in [1.54, 1.807) is 0 Å². The maximum absolute atomic E-state index is 6.02. The Morgan fingerprint density at radius 2 is 2.17 bits per heavy atom. The van der Waals surface area contributed by atoms with E-state index in [0.717, 1.165) is 45.7 Å². The summed E-state index contributed by atoms with van der Waals surface area (Å²) in [5, 5.41) is 0. The predicted octanol–water partition coefficient (Wildman–Crippen LogP) is 1.24. The Bertz CT molecular complexity index is 267. The van der Waals surface area contributed by atoms with Crippen molar-refractivity contribution in [3.05, 3.63) is 0 Å². The molecule has 2 aliphatic rings. The number of piperidine rings is 1. The van der Waals surface area contributed by atoms with Crippen LogP contribution >= 0.6 is 0 Å². The maximum atomic E-state index is 6.02. The van der Waals surface area contributed by atoms with E-state index in [0.29, 0.717) is 0 Å². The van der Waals surface area contributed by atoms with Crippen LogP contribution in [0.5, 0.6) is 0 Å². The van der Waals surface area contributed by atoms with E-state index in [2.05, 4.69) is 11.8 Å². The van der Waals surface area contributed by atoms with Gasteiger partial charge in [-0.1, -0.05) is 0 Å². The van der Waals surface area contributed by atoms with Crippen LogP contribution in [0.4, 0.5) is 0 Å². The Morgan fingerprint density at radius 1 is 1.33 bits per heavy atom. The minimum absolute atomic E-state index is 0.0174. The Morgan fingerprint density at radius 3 is 2.78 bits per heavy atom. The van der Waals surface area contributed by atoms with E-state index < -0.39 is 0 Å². The van der Waals surface area contributed by atoms with Gasteiger partial charge < -0.3 is 15.2 Å². The molecule has 2 saturated heterocycles. The summed E-state index contributed by atoms with van der Waals surface area (Å²) in [6, 6.07) is 0. The molecule has 0 saturated carbocycles. The Kier molecular flexibility index (Phi) is 4.64. The predicted molar refractivity (Wildman–Crippen MR) is 72.6 cm³/mol. The van der Waals surface area contributed by atoms with Gasteiger partial charge in [-0.3, -0.25) is 4.90 Å². The van der Waals surface area contributed by atoms with Gasteiger partial charge in [0.15, 0.2) is 0 Å². The van der Waals surface area contributed by atoms with Gasteiger partial charge in [0.1, 0.15) is 0 Å². The molecule has 2 aliphatic heterocycles. The number of ether oxygens (including phenoxy) is 2. The summed E-state index contributed by atoms with van der Waals surface area (Å²) < 4.78 is 11.3. The fraction of sp³-hybridized carbons (Fsp3) is 1.00. The smallest absolute Gasteiger partial charge is 0.0777 e. The molecule has 2 atom stereocenters. The summed E-state index contributed by atoms with van der Waals surface area (Å²) in [4.78, 5) is 2.52. The molecule has 0 aliphatic carbocycles. The molecule has 4 nitrogen and oxygen atoms in total. The van der Waals surface area contributed by atoms with Gasteiger partial charge in [0.05, 0.1) is 12.2 Å². The average Bonchev–Trinajstić information content (AvgIpc) is 2.40. The molecule has 0 amide bonds. The SMILES string of the molecule is COC1(C)CCCN(CC2(CN)CCCOC2)C1. The second-order valence-corrected chi connectivity index (χ2v) is 6.33. The van der Waals surface area contributed by atoms with Crippen LogP contribution in [0.3, 0.4) is 0 Å². The monoisotopic (exact) mass is 256 g/mol. The number of nitrogens with two attached hydrogens (primary N) is 1. The highest BCUT2D eigenvalue weighted by atomic mass is 16.5. The molecule has 2 fully saturated rings. The lowest BCUT2D eigenvalue weighted by Crippen LogP contribution is -2.54. The zero-order chi connectivity index (χ0) is 13.1. The first-order valence-corrected chi connectivity index (χ1v) is 7.17. The summed E-state index contributed by atoms with van der Waals surface area (Å²) in [6.45, 7) is 7.91. The largest absolute Gasteiger partial charge is 0.381 e. The molecule has 0 spiro atoms. The first-order chi connectivity index (χ1) is 8.61. The third kappa shape index (κ3) is 3.23. The lowest BCUT2D eigenvalue weighted by Gasteiger charge is -2.45. The van der Waals surface area contributed by atoms with E-state index in [-0.39, 0.29) is 11.0 Å². The van der Waals surface area contributed by atoms with Crippen LogP contribution in [0.25, 0.3) is 0 Å². The van der Waals surface area contributed by atoms with Crippen LogP contribution in [-0.2, 0) is 9.47 Å². The second kappa shape index (κ2) is 5.87. The van der Waals surface area contributed by atoms with Gasteiger partial charge in [-0.15, -0.1) is 0 Å². The van der Waals surface area contributed by atoms with E-state index >= 15 is 0 Å². The highest BCUT2D eigenvalue weighted by Gasteiger charge is 2.37. The molecule has 0 bridgehead atoms. The van der Waals surface area contributed by atoms with Gasteiger partial charge in [0, 0.05) is 38.8 Å². The van der Waals surface area contributed by atoms with Crippen molar-refractivity contribution < 1.29 is 9.47 Å². The quantitative estimate of drug-likeness (QED) is 0.822. The molecular weight excluding hydrogens is 228 g/mol. The van der Waals surface area contributed by atoms with Crippen molar-refractivity contribution in [2.45, 2.75) is 38.2 Å². The van der Waals surface area contributed by atoms with E-state index in [9.17, 15) is 0 Å².